The summed E-state index contributed by atoms with van der Waals surface area (Å²) in [6.07, 6.45) is 10.1. The van der Waals surface area contributed by atoms with Crippen molar-refractivity contribution in [2.75, 3.05) is 0 Å². The van der Waals surface area contributed by atoms with Gasteiger partial charge >= 0.3 is 0 Å². The minimum atomic E-state index is 0.532. The third-order valence-electron chi connectivity index (χ3n) is 3.37. The van der Waals surface area contributed by atoms with Gasteiger partial charge in [0.2, 0.25) is 0 Å². The summed E-state index contributed by atoms with van der Waals surface area (Å²) in [4.78, 5) is 10.2. The van der Waals surface area contributed by atoms with E-state index in [1.165, 1.54) is 31.3 Å². The average molecular weight is 180 g/mol. The van der Waals surface area contributed by atoms with Gasteiger partial charge < -0.3 is 4.79 Å². The molecule has 1 aliphatic rings. The zero-order chi connectivity index (χ0) is 9.73. The summed E-state index contributed by atoms with van der Waals surface area (Å²) in [5.74, 6) is 0. The summed E-state index contributed by atoms with van der Waals surface area (Å²) in [5.41, 5.74) is 2.03. The molecule has 13 heavy (non-hydrogen) atoms. The molecule has 0 bridgehead atoms. The Morgan fingerprint density at radius 1 is 1.62 bits per heavy atom. The van der Waals surface area contributed by atoms with Gasteiger partial charge in [-0.2, -0.15) is 0 Å². The molecule has 0 aliphatic heterocycles. The molecule has 0 radical (unpaired) electrons. The molecule has 1 nitrogen and oxygen atoms in total. The van der Waals surface area contributed by atoms with Crippen LogP contribution in [-0.4, -0.2) is 6.29 Å². The molecule has 0 saturated heterocycles. The van der Waals surface area contributed by atoms with Crippen molar-refractivity contribution < 1.29 is 4.79 Å². The predicted octanol–water partition coefficient (Wildman–Crippen LogP) is 3.49. The second kappa shape index (κ2) is 4.59. The smallest absolute Gasteiger partial charge is 0.120 e. The number of carbonyl (C=O) groups is 1. The van der Waals surface area contributed by atoms with E-state index in [1.54, 1.807) is 0 Å². The van der Waals surface area contributed by atoms with E-state index in [1.807, 2.05) is 0 Å². The van der Waals surface area contributed by atoms with Gasteiger partial charge in [0, 0.05) is 6.42 Å². The van der Waals surface area contributed by atoms with Crippen molar-refractivity contribution in [3.05, 3.63) is 11.6 Å². The predicted molar refractivity (Wildman–Crippen MR) is 55.6 cm³/mol. The van der Waals surface area contributed by atoms with E-state index in [4.69, 9.17) is 0 Å². The van der Waals surface area contributed by atoms with Crippen LogP contribution in [0.15, 0.2) is 11.6 Å². The van der Waals surface area contributed by atoms with Gasteiger partial charge in [-0.15, -0.1) is 0 Å². The maximum Gasteiger partial charge on any atom is 0.120 e. The number of rotatable bonds is 4. The van der Waals surface area contributed by atoms with Crippen molar-refractivity contribution in [2.45, 2.75) is 52.4 Å². The van der Waals surface area contributed by atoms with Gasteiger partial charge in [-0.1, -0.05) is 31.9 Å². The number of hydrogen-bond donors (Lipinski definition) is 0. The highest BCUT2D eigenvalue weighted by Crippen LogP contribution is 2.38. The summed E-state index contributed by atoms with van der Waals surface area (Å²) in [7, 11) is 0. The average Bonchev–Trinajstić information content (AvgIpc) is 2.17. The molecule has 74 valence electrons. The number of aldehydes is 1. The molecule has 1 aliphatic carbocycles. The molecule has 0 saturated carbocycles. The zero-order valence-corrected chi connectivity index (χ0v) is 8.81. The SMILES string of the molecule is CC[C@]1(C)CC=C(CCC=O)CC1. The topological polar surface area (TPSA) is 17.1 Å². The van der Waals surface area contributed by atoms with Crippen LogP contribution < -0.4 is 0 Å². The minimum Gasteiger partial charge on any atom is -0.303 e. The molecule has 0 N–H and O–H groups in total. The van der Waals surface area contributed by atoms with Crippen LogP contribution in [0.4, 0.5) is 0 Å². The highest BCUT2D eigenvalue weighted by Gasteiger charge is 2.24. The highest BCUT2D eigenvalue weighted by molar-refractivity contribution is 5.49. The van der Waals surface area contributed by atoms with Crippen molar-refractivity contribution >= 4 is 6.29 Å². The summed E-state index contributed by atoms with van der Waals surface area (Å²) in [5, 5.41) is 0. The van der Waals surface area contributed by atoms with Crippen molar-refractivity contribution in [3.8, 4) is 0 Å². The van der Waals surface area contributed by atoms with Crippen LogP contribution in [0, 0.1) is 5.41 Å². The van der Waals surface area contributed by atoms with Crippen molar-refractivity contribution in [2.24, 2.45) is 5.41 Å². The Morgan fingerprint density at radius 3 is 2.85 bits per heavy atom. The van der Waals surface area contributed by atoms with E-state index in [-0.39, 0.29) is 0 Å². The Labute approximate surface area is 81.2 Å². The van der Waals surface area contributed by atoms with Gasteiger partial charge in [0.25, 0.3) is 0 Å². The van der Waals surface area contributed by atoms with Crippen LogP contribution >= 0.6 is 0 Å². The Morgan fingerprint density at radius 2 is 2.38 bits per heavy atom. The Kier molecular flexibility index (Phi) is 3.71. The van der Waals surface area contributed by atoms with Crippen LogP contribution in [0.2, 0.25) is 0 Å². The minimum absolute atomic E-state index is 0.532. The van der Waals surface area contributed by atoms with Gasteiger partial charge in [0.15, 0.2) is 0 Å². The lowest BCUT2D eigenvalue weighted by Gasteiger charge is -2.31. The van der Waals surface area contributed by atoms with Gasteiger partial charge in [-0.05, 0) is 31.1 Å². The van der Waals surface area contributed by atoms with E-state index < -0.39 is 0 Å². The molecule has 1 atom stereocenters. The molecule has 0 amide bonds. The summed E-state index contributed by atoms with van der Waals surface area (Å²) in [6.45, 7) is 4.63. The first kappa shape index (κ1) is 10.5. The standard InChI is InChI=1S/C12H20O/c1-3-12(2)8-6-11(7-9-12)5-4-10-13/h6,10H,3-5,7-9H2,1-2H3/t12-/m1/s1. The maximum absolute atomic E-state index is 10.2. The molecule has 0 heterocycles. The molecule has 0 aromatic carbocycles. The normalized spacial score (nSPS) is 28.3. The summed E-state index contributed by atoms with van der Waals surface area (Å²) >= 11 is 0. The fourth-order valence-corrected chi connectivity index (χ4v) is 1.85. The molecular formula is C12H20O. The molecule has 0 aromatic heterocycles. The molecule has 0 fully saturated rings. The molecule has 0 aromatic rings. The molecular weight excluding hydrogens is 160 g/mol. The molecule has 0 spiro atoms. The van der Waals surface area contributed by atoms with Crippen LogP contribution in [0.3, 0.4) is 0 Å². The first-order chi connectivity index (χ1) is 6.20. The number of hydrogen-bond acceptors (Lipinski definition) is 1. The van der Waals surface area contributed by atoms with Crippen molar-refractivity contribution in [1.82, 2.24) is 0 Å². The first-order valence-electron chi connectivity index (χ1n) is 5.32. The van der Waals surface area contributed by atoms with E-state index >= 15 is 0 Å². The first-order valence-corrected chi connectivity index (χ1v) is 5.32. The van der Waals surface area contributed by atoms with Crippen LogP contribution in [0.5, 0.6) is 0 Å². The Bertz CT molecular complexity index is 205. The third-order valence-corrected chi connectivity index (χ3v) is 3.37. The van der Waals surface area contributed by atoms with E-state index in [2.05, 4.69) is 19.9 Å². The fourth-order valence-electron chi connectivity index (χ4n) is 1.85. The quantitative estimate of drug-likeness (QED) is 0.478. The maximum atomic E-state index is 10.2. The molecule has 1 rings (SSSR count). The number of carbonyl (C=O) groups excluding carboxylic acids is 1. The van der Waals surface area contributed by atoms with E-state index in [9.17, 15) is 4.79 Å². The van der Waals surface area contributed by atoms with Gasteiger partial charge in [0.1, 0.15) is 6.29 Å². The second-order valence-corrected chi connectivity index (χ2v) is 4.44. The van der Waals surface area contributed by atoms with Gasteiger partial charge in [-0.25, -0.2) is 0 Å². The zero-order valence-electron chi connectivity index (χ0n) is 8.81. The lowest BCUT2D eigenvalue weighted by molar-refractivity contribution is -0.107. The lowest BCUT2D eigenvalue weighted by Crippen LogP contribution is -2.17. The van der Waals surface area contributed by atoms with Crippen molar-refractivity contribution in [1.29, 1.82) is 0 Å². The Hall–Kier alpha value is -0.590. The lowest BCUT2D eigenvalue weighted by atomic mass is 9.74. The highest BCUT2D eigenvalue weighted by atomic mass is 16.1. The van der Waals surface area contributed by atoms with Crippen LogP contribution in [-0.2, 0) is 4.79 Å². The van der Waals surface area contributed by atoms with E-state index in [0.29, 0.717) is 11.8 Å². The van der Waals surface area contributed by atoms with Crippen molar-refractivity contribution in [3.63, 3.8) is 0 Å². The molecule has 0 unspecified atom stereocenters. The van der Waals surface area contributed by atoms with Gasteiger partial charge in [-0.3, -0.25) is 0 Å². The van der Waals surface area contributed by atoms with E-state index in [0.717, 1.165) is 12.7 Å². The molecule has 1 heteroatoms. The monoisotopic (exact) mass is 180 g/mol. The second-order valence-electron chi connectivity index (χ2n) is 4.44. The van der Waals surface area contributed by atoms with Crippen LogP contribution in [0.25, 0.3) is 0 Å². The largest absolute Gasteiger partial charge is 0.303 e. The van der Waals surface area contributed by atoms with Crippen LogP contribution in [0.1, 0.15) is 52.4 Å². The Balaban J connectivity index is 2.42. The third kappa shape index (κ3) is 2.98. The fraction of sp³-hybridized carbons (Fsp3) is 0.750. The summed E-state index contributed by atoms with van der Waals surface area (Å²) < 4.78 is 0. The summed E-state index contributed by atoms with van der Waals surface area (Å²) in [6, 6.07) is 0. The number of allylic oxidation sites excluding steroid dienone is 2. The van der Waals surface area contributed by atoms with Gasteiger partial charge in [0.05, 0.1) is 0 Å².